The summed E-state index contributed by atoms with van der Waals surface area (Å²) in [6.07, 6.45) is 0. The quantitative estimate of drug-likeness (QED) is 0.676. The first kappa shape index (κ1) is 15.9. The topological polar surface area (TPSA) is 90.4 Å². The van der Waals surface area contributed by atoms with Crippen LogP contribution in [0.1, 0.15) is 0 Å². The second-order valence-corrected chi connectivity index (χ2v) is 4.44. The molecule has 2 aromatic rings. The number of ether oxygens (including phenoxy) is 2. The summed E-state index contributed by atoms with van der Waals surface area (Å²) in [5.74, 6) is 1.43. The fourth-order valence-electron chi connectivity index (χ4n) is 1.96. The normalized spacial score (nSPS) is 9.22. The third kappa shape index (κ3) is 3.78. The van der Waals surface area contributed by atoms with Crippen LogP contribution in [0, 0.1) is 22.7 Å². The first-order valence-electron chi connectivity index (χ1n) is 6.68. The Labute approximate surface area is 134 Å². The van der Waals surface area contributed by atoms with E-state index in [9.17, 15) is 0 Å². The van der Waals surface area contributed by atoms with Crippen LogP contribution in [0.15, 0.2) is 47.6 Å². The van der Waals surface area contributed by atoms with Crippen LogP contribution in [-0.4, -0.2) is 19.9 Å². The fraction of sp³-hybridized carbons (Fsp3) is 0.118. The average molecular weight is 306 g/mol. The van der Waals surface area contributed by atoms with Crippen LogP contribution in [-0.2, 0) is 0 Å². The number of hydrogen-bond donors (Lipinski definition) is 1. The summed E-state index contributed by atoms with van der Waals surface area (Å²) in [4.78, 5) is 0. The van der Waals surface area contributed by atoms with Gasteiger partial charge in [-0.05, 0) is 29.8 Å². The Morgan fingerprint density at radius 3 is 2.26 bits per heavy atom. The molecule has 0 aliphatic heterocycles. The highest BCUT2D eigenvalue weighted by atomic mass is 16.5. The SMILES string of the molecule is COc1ccc(-c2ccc(NN=C(C#N)C#N)cc2)c(OC)c1. The van der Waals surface area contributed by atoms with Crippen LogP contribution in [0.25, 0.3) is 11.1 Å². The van der Waals surface area contributed by atoms with E-state index in [1.807, 2.05) is 30.3 Å². The van der Waals surface area contributed by atoms with Gasteiger partial charge in [0.2, 0.25) is 5.71 Å². The molecule has 0 aliphatic rings. The first-order chi connectivity index (χ1) is 11.2. The highest BCUT2D eigenvalue weighted by Gasteiger charge is 2.07. The van der Waals surface area contributed by atoms with Gasteiger partial charge >= 0.3 is 0 Å². The van der Waals surface area contributed by atoms with E-state index in [0.717, 1.165) is 16.9 Å². The molecule has 0 unspecified atom stereocenters. The van der Waals surface area contributed by atoms with Gasteiger partial charge in [0.25, 0.3) is 0 Å². The Bertz CT molecular complexity index is 783. The van der Waals surface area contributed by atoms with Gasteiger partial charge < -0.3 is 9.47 Å². The fourth-order valence-corrected chi connectivity index (χ4v) is 1.96. The molecular weight excluding hydrogens is 292 g/mol. The van der Waals surface area contributed by atoms with Gasteiger partial charge in [0.05, 0.1) is 19.9 Å². The lowest BCUT2D eigenvalue weighted by molar-refractivity contribution is 0.395. The number of nitrogens with zero attached hydrogens (tertiary/aromatic N) is 3. The van der Waals surface area contributed by atoms with E-state index in [4.69, 9.17) is 20.0 Å². The molecule has 114 valence electrons. The van der Waals surface area contributed by atoms with Crippen molar-refractivity contribution in [3.63, 3.8) is 0 Å². The standard InChI is InChI=1S/C17H14N4O2/c1-22-15-7-8-16(17(9-15)23-2)12-3-5-13(6-4-12)20-21-14(10-18)11-19/h3-9,20H,1-2H3. The van der Waals surface area contributed by atoms with E-state index in [2.05, 4.69) is 10.5 Å². The van der Waals surface area contributed by atoms with Gasteiger partial charge in [-0.3, -0.25) is 5.43 Å². The Hall–Kier alpha value is -3.51. The lowest BCUT2D eigenvalue weighted by atomic mass is 10.0. The maximum Gasteiger partial charge on any atom is 0.237 e. The molecule has 0 saturated heterocycles. The summed E-state index contributed by atoms with van der Waals surface area (Å²) in [6, 6.07) is 16.3. The van der Waals surface area contributed by atoms with E-state index in [1.54, 1.807) is 38.5 Å². The summed E-state index contributed by atoms with van der Waals surface area (Å²) in [5, 5.41) is 21.0. The molecular formula is C17H14N4O2. The Morgan fingerprint density at radius 1 is 1.00 bits per heavy atom. The third-order valence-corrected chi connectivity index (χ3v) is 3.11. The van der Waals surface area contributed by atoms with Crippen molar-refractivity contribution in [1.29, 1.82) is 10.5 Å². The number of nitriles is 2. The zero-order valence-corrected chi connectivity index (χ0v) is 12.7. The van der Waals surface area contributed by atoms with Crippen molar-refractivity contribution in [3.8, 4) is 34.8 Å². The molecule has 1 N–H and O–H groups in total. The number of hydrogen-bond acceptors (Lipinski definition) is 6. The molecule has 0 aromatic heterocycles. The van der Waals surface area contributed by atoms with Crippen molar-refractivity contribution < 1.29 is 9.47 Å². The van der Waals surface area contributed by atoms with E-state index in [1.165, 1.54) is 0 Å². The van der Waals surface area contributed by atoms with Crippen LogP contribution < -0.4 is 14.9 Å². The average Bonchev–Trinajstić information content (AvgIpc) is 2.62. The minimum Gasteiger partial charge on any atom is -0.497 e. The van der Waals surface area contributed by atoms with Crippen molar-refractivity contribution in [2.45, 2.75) is 0 Å². The number of anilines is 1. The van der Waals surface area contributed by atoms with Crippen molar-refractivity contribution in [2.24, 2.45) is 5.10 Å². The molecule has 2 rings (SSSR count). The summed E-state index contributed by atoms with van der Waals surface area (Å²) >= 11 is 0. The Morgan fingerprint density at radius 2 is 1.70 bits per heavy atom. The van der Waals surface area contributed by atoms with Crippen LogP contribution in [0.4, 0.5) is 5.69 Å². The molecule has 0 heterocycles. The van der Waals surface area contributed by atoms with Gasteiger partial charge in [-0.1, -0.05) is 12.1 Å². The number of rotatable bonds is 5. The molecule has 2 aromatic carbocycles. The van der Waals surface area contributed by atoms with Gasteiger partial charge in [-0.15, -0.1) is 0 Å². The summed E-state index contributed by atoms with van der Waals surface area (Å²) in [7, 11) is 3.21. The largest absolute Gasteiger partial charge is 0.497 e. The van der Waals surface area contributed by atoms with Gasteiger partial charge in [-0.25, -0.2) is 0 Å². The van der Waals surface area contributed by atoms with Gasteiger partial charge in [0, 0.05) is 11.6 Å². The van der Waals surface area contributed by atoms with E-state index in [0.29, 0.717) is 11.4 Å². The van der Waals surface area contributed by atoms with Crippen LogP contribution in [0.3, 0.4) is 0 Å². The predicted molar refractivity (Wildman–Crippen MR) is 87.3 cm³/mol. The van der Waals surface area contributed by atoms with E-state index < -0.39 is 0 Å². The van der Waals surface area contributed by atoms with Crippen molar-refractivity contribution in [2.75, 3.05) is 19.6 Å². The zero-order chi connectivity index (χ0) is 16.7. The Kier molecular flexibility index (Phi) is 5.16. The minimum absolute atomic E-state index is 0.231. The van der Waals surface area contributed by atoms with Crippen LogP contribution >= 0.6 is 0 Å². The number of benzene rings is 2. The molecule has 0 amide bonds. The first-order valence-corrected chi connectivity index (χ1v) is 6.68. The highest BCUT2D eigenvalue weighted by molar-refractivity contribution is 6.10. The molecule has 0 bridgehead atoms. The molecule has 6 heteroatoms. The second-order valence-electron chi connectivity index (χ2n) is 4.44. The molecule has 0 fully saturated rings. The molecule has 23 heavy (non-hydrogen) atoms. The zero-order valence-electron chi connectivity index (χ0n) is 12.7. The minimum atomic E-state index is -0.231. The predicted octanol–water partition coefficient (Wildman–Crippen LogP) is 3.19. The van der Waals surface area contributed by atoms with E-state index >= 15 is 0 Å². The molecule has 6 nitrogen and oxygen atoms in total. The van der Waals surface area contributed by atoms with Crippen LogP contribution in [0.2, 0.25) is 0 Å². The highest BCUT2D eigenvalue weighted by Crippen LogP contribution is 2.33. The third-order valence-electron chi connectivity index (χ3n) is 3.11. The van der Waals surface area contributed by atoms with Gasteiger partial charge in [-0.2, -0.15) is 15.6 Å². The van der Waals surface area contributed by atoms with Crippen molar-refractivity contribution >= 4 is 11.4 Å². The number of nitrogens with one attached hydrogen (secondary N) is 1. The smallest absolute Gasteiger partial charge is 0.237 e. The molecule has 0 spiro atoms. The summed E-state index contributed by atoms with van der Waals surface area (Å²) in [6.45, 7) is 0. The maximum absolute atomic E-state index is 8.63. The summed E-state index contributed by atoms with van der Waals surface area (Å²) in [5.41, 5.74) is 4.99. The van der Waals surface area contributed by atoms with Gasteiger partial charge in [0.1, 0.15) is 23.6 Å². The van der Waals surface area contributed by atoms with E-state index in [-0.39, 0.29) is 5.71 Å². The van der Waals surface area contributed by atoms with Crippen molar-refractivity contribution in [3.05, 3.63) is 42.5 Å². The molecule has 0 radical (unpaired) electrons. The molecule has 0 saturated carbocycles. The summed E-state index contributed by atoms with van der Waals surface area (Å²) < 4.78 is 10.6. The van der Waals surface area contributed by atoms with Crippen molar-refractivity contribution in [1.82, 2.24) is 0 Å². The number of hydrazone groups is 1. The second kappa shape index (κ2) is 7.48. The Balaban J connectivity index is 2.25. The lowest BCUT2D eigenvalue weighted by Crippen LogP contribution is -1.96. The molecule has 0 atom stereocenters. The van der Waals surface area contributed by atoms with Crippen LogP contribution in [0.5, 0.6) is 11.5 Å². The van der Waals surface area contributed by atoms with Gasteiger partial charge in [0.15, 0.2) is 0 Å². The monoisotopic (exact) mass is 306 g/mol. The maximum atomic E-state index is 8.63. The molecule has 0 aliphatic carbocycles. The number of methoxy groups -OCH3 is 2. The lowest BCUT2D eigenvalue weighted by Gasteiger charge is -2.11.